The van der Waals surface area contributed by atoms with E-state index in [1.807, 2.05) is 23.2 Å². The molecule has 0 saturated carbocycles. The van der Waals surface area contributed by atoms with Crippen molar-refractivity contribution < 1.29 is 4.79 Å². The second-order valence-electron chi connectivity index (χ2n) is 3.84. The molecule has 1 aromatic rings. The van der Waals surface area contributed by atoms with E-state index in [0.29, 0.717) is 5.25 Å². The molecule has 0 aromatic carbocycles. The molecule has 1 fully saturated rings. The van der Waals surface area contributed by atoms with Gasteiger partial charge in [0.05, 0.1) is 9.35 Å². The van der Waals surface area contributed by atoms with Gasteiger partial charge in [0.1, 0.15) is 0 Å². The lowest BCUT2D eigenvalue weighted by Gasteiger charge is -2.21. The Balaban J connectivity index is 1.79. The fourth-order valence-corrected chi connectivity index (χ4v) is 4.08. The Morgan fingerprint density at radius 3 is 3.06 bits per heavy atom. The Kier molecular flexibility index (Phi) is 4.73. The Bertz CT molecular complexity index is 361. The summed E-state index contributed by atoms with van der Waals surface area (Å²) in [6.07, 6.45) is 3.86. The van der Waals surface area contributed by atoms with Gasteiger partial charge in [-0.1, -0.05) is 6.42 Å². The molecule has 2 nitrogen and oxygen atoms in total. The molecule has 1 saturated heterocycles. The number of carbonyl (C=O) groups excluding carboxylic acids is 1. The minimum absolute atomic E-state index is 0.0492. The van der Waals surface area contributed by atoms with E-state index in [1.165, 1.54) is 25.0 Å². The van der Waals surface area contributed by atoms with Gasteiger partial charge in [0, 0.05) is 17.2 Å². The molecule has 16 heavy (non-hydrogen) atoms. The molecule has 2 rings (SSSR count). The average molecular weight is 320 g/mol. The molecule has 2 heterocycles. The zero-order valence-corrected chi connectivity index (χ0v) is 12.1. The highest BCUT2D eigenvalue weighted by atomic mass is 79.9. The lowest BCUT2D eigenvalue weighted by Crippen LogP contribution is -2.31. The van der Waals surface area contributed by atoms with Crippen LogP contribution in [0.2, 0.25) is 0 Å². The Hall–Kier alpha value is -0.000000000000000111. The monoisotopic (exact) mass is 319 g/mol. The average Bonchev–Trinajstić information content (AvgIpc) is 2.74. The highest BCUT2D eigenvalue weighted by Gasteiger charge is 2.15. The number of hydrogen-bond donors (Lipinski definition) is 1. The van der Waals surface area contributed by atoms with Crippen LogP contribution in [0.15, 0.2) is 15.2 Å². The van der Waals surface area contributed by atoms with Gasteiger partial charge in [0.25, 0.3) is 5.91 Å². The molecule has 1 N–H and O–H groups in total. The minimum atomic E-state index is 0.0492. The van der Waals surface area contributed by atoms with Gasteiger partial charge in [-0.15, -0.1) is 11.3 Å². The summed E-state index contributed by atoms with van der Waals surface area (Å²) < 4.78 is 1.00. The van der Waals surface area contributed by atoms with E-state index in [1.54, 1.807) is 11.3 Å². The lowest BCUT2D eigenvalue weighted by atomic mass is 10.2. The Morgan fingerprint density at radius 2 is 2.44 bits per heavy atom. The fourth-order valence-electron chi connectivity index (χ4n) is 1.71. The molecule has 1 amide bonds. The molecule has 88 valence electrons. The molecular weight excluding hydrogens is 306 g/mol. The Morgan fingerprint density at radius 1 is 1.56 bits per heavy atom. The fraction of sp³-hybridized carbons (Fsp3) is 0.545. The first-order valence-corrected chi connectivity index (χ1v) is 8.11. The van der Waals surface area contributed by atoms with Crippen LogP contribution in [0.1, 0.15) is 29.6 Å². The van der Waals surface area contributed by atoms with Crippen LogP contribution in [0.25, 0.3) is 0 Å². The van der Waals surface area contributed by atoms with E-state index in [9.17, 15) is 4.79 Å². The van der Waals surface area contributed by atoms with E-state index < -0.39 is 0 Å². The number of carbonyl (C=O) groups is 1. The van der Waals surface area contributed by atoms with Crippen molar-refractivity contribution in [3.8, 4) is 0 Å². The maximum Gasteiger partial charge on any atom is 0.252 e. The molecule has 1 aliphatic heterocycles. The number of halogens is 1. The molecule has 0 aliphatic carbocycles. The third kappa shape index (κ3) is 3.50. The predicted molar refractivity (Wildman–Crippen MR) is 74.4 cm³/mol. The van der Waals surface area contributed by atoms with E-state index >= 15 is 0 Å². The van der Waals surface area contributed by atoms with Crippen molar-refractivity contribution in [1.82, 2.24) is 5.32 Å². The van der Waals surface area contributed by atoms with Crippen LogP contribution in [0.5, 0.6) is 0 Å². The summed E-state index contributed by atoms with van der Waals surface area (Å²) >= 11 is 6.89. The molecule has 0 radical (unpaired) electrons. The van der Waals surface area contributed by atoms with Gasteiger partial charge in [-0.05, 0) is 40.6 Å². The third-order valence-corrected chi connectivity index (χ3v) is 5.50. The molecule has 0 bridgehead atoms. The maximum absolute atomic E-state index is 11.8. The Labute approximate surface area is 112 Å². The number of amides is 1. The third-order valence-electron chi connectivity index (χ3n) is 2.59. The minimum Gasteiger partial charge on any atom is -0.351 e. The van der Waals surface area contributed by atoms with Crippen molar-refractivity contribution in [2.45, 2.75) is 24.5 Å². The van der Waals surface area contributed by atoms with E-state index in [-0.39, 0.29) is 5.91 Å². The van der Waals surface area contributed by atoms with E-state index in [0.717, 1.165) is 15.9 Å². The maximum atomic E-state index is 11.8. The van der Waals surface area contributed by atoms with Crippen LogP contribution in [-0.2, 0) is 0 Å². The van der Waals surface area contributed by atoms with Crippen LogP contribution >= 0.6 is 39.0 Å². The van der Waals surface area contributed by atoms with Crippen molar-refractivity contribution in [1.29, 1.82) is 0 Å². The van der Waals surface area contributed by atoms with Gasteiger partial charge in [-0.2, -0.15) is 11.8 Å². The van der Waals surface area contributed by atoms with Crippen LogP contribution < -0.4 is 5.32 Å². The van der Waals surface area contributed by atoms with Gasteiger partial charge >= 0.3 is 0 Å². The highest BCUT2D eigenvalue weighted by molar-refractivity contribution is 9.11. The van der Waals surface area contributed by atoms with Gasteiger partial charge in [0.2, 0.25) is 0 Å². The number of nitrogens with one attached hydrogen (secondary N) is 1. The van der Waals surface area contributed by atoms with E-state index in [2.05, 4.69) is 21.2 Å². The number of thiophene rings is 1. The van der Waals surface area contributed by atoms with Crippen molar-refractivity contribution >= 4 is 44.9 Å². The number of thioether (sulfide) groups is 1. The van der Waals surface area contributed by atoms with Crippen molar-refractivity contribution in [3.63, 3.8) is 0 Å². The van der Waals surface area contributed by atoms with Crippen molar-refractivity contribution in [3.05, 3.63) is 20.8 Å². The zero-order valence-electron chi connectivity index (χ0n) is 8.87. The smallest absolute Gasteiger partial charge is 0.252 e. The van der Waals surface area contributed by atoms with Gasteiger partial charge in [-0.3, -0.25) is 4.79 Å². The molecule has 1 aromatic heterocycles. The van der Waals surface area contributed by atoms with E-state index in [4.69, 9.17) is 0 Å². The summed E-state index contributed by atoms with van der Waals surface area (Å²) in [6.45, 7) is 0.803. The summed E-state index contributed by atoms with van der Waals surface area (Å²) in [7, 11) is 0. The molecule has 1 unspecified atom stereocenters. The first-order valence-electron chi connectivity index (χ1n) is 5.39. The predicted octanol–water partition coefficient (Wildman–Crippen LogP) is 3.53. The molecule has 5 heteroatoms. The topological polar surface area (TPSA) is 29.1 Å². The summed E-state index contributed by atoms with van der Waals surface area (Å²) in [4.78, 5) is 11.8. The van der Waals surface area contributed by atoms with Crippen LogP contribution in [0.3, 0.4) is 0 Å². The van der Waals surface area contributed by atoms with Gasteiger partial charge in [0.15, 0.2) is 0 Å². The van der Waals surface area contributed by atoms with Gasteiger partial charge < -0.3 is 5.32 Å². The lowest BCUT2D eigenvalue weighted by molar-refractivity contribution is 0.0954. The summed E-state index contributed by atoms with van der Waals surface area (Å²) in [5.74, 6) is 1.29. The summed E-state index contributed by atoms with van der Waals surface area (Å²) in [5, 5.41) is 5.50. The molecule has 1 aliphatic rings. The largest absolute Gasteiger partial charge is 0.351 e. The first kappa shape index (κ1) is 12.5. The summed E-state index contributed by atoms with van der Waals surface area (Å²) in [6, 6.07) is 1.87. The number of hydrogen-bond acceptors (Lipinski definition) is 3. The standard InChI is InChI=1S/C11H14BrNOS2/c12-10-5-8(7-16-10)11(14)13-6-9-3-1-2-4-15-9/h5,7,9H,1-4,6H2,(H,13,14). The van der Waals surface area contributed by atoms with Crippen molar-refractivity contribution in [2.24, 2.45) is 0 Å². The van der Waals surface area contributed by atoms with Crippen LogP contribution in [0.4, 0.5) is 0 Å². The normalized spacial score (nSPS) is 20.7. The summed E-state index contributed by atoms with van der Waals surface area (Å²) in [5.41, 5.74) is 0.762. The molecule has 1 atom stereocenters. The quantitative estimate of drug-likeness (QED) is 0.923. The second-order valence-corrected chi connectivity index (χ2v) is 7.54. The second kappa shape index (κ2) is 6.07. The van der Waals surface area contributed by atoms with Crippen molar-refractivity contribution in [2.75, 3.05) is 12.3 Å². The molecular formula is C11H14BrNOS2. The first-order chi connectivity index (χ1) is 7.75. The zero-order chi connectivity index (χ0) is 11.4. The highest BCUT2D eigenvalue weighted by Crippen LogP contribution is 2.24. The van der Waals surface area contributed by atoms with Gasteiger partial charge in [-0.25, -0.2) is 0 Å². The van der Waals surface area contributed by atoms with Crippen LogP contribution in [0, 0.1) is 0 Å². The SMILES string of the molecule is O=C(NCC1CCCCS1)c1csc(Br)c1. The molecule has 0 spiro atoms. The van der Waals surface area contributed by atoms with Crippen LogP contribution in [-0.4, -0.2) is 23.5 Å². The number of rotatable bonds is 3.